The summed E-state index contributed by atoms with van der Waals surface area (Å²) >= 11 is 0. The van der Waals surface area contributed by atoms with Gasteiger partial charge in [0.15, 0.2) is 6.10 Å². The van der Waals surface area contributed by atoms with Gasteiger partial charge in [-0.2, -0.15) is 0 Å². The van der Waals surface area contributed by atoms with Gasteiger partial charge in [0.05, 0.1) is 6.10 Å². The zero-order chi connectivity index (χ0) is 14.5. The maximum atomic E-state index is 12.5. The van der Waals surface area contributed by atoms with Gasteiger partial charge in [0.25, 0.3) is 5.91 Å². The number of nitrogens with zero attached hydrogens (tertiary/aromatic N) is 1. The fourth-order valence-electron chi connectivity index (χ4n) is 2.56. The number of aliphatic hydroxyl groups is 1. The molecule has 0 aromatic heterocycles. The van der Waals surface area contributed by atoms with Crippen molar-refractivity contribution in [3.63, 3.8) is 0 Å². The lowest BCUT2D eigenvalue weighted by molar-refractivity contribution is -0.138. The third kappa shape index (κ3) is 3.51. The van der Waals surface area contributed by atoms with Gasteiger partial charge in [-0.25, -0.2) is 0 Å². The van der Waals surface area contributed by atoms with Crippen LogP contribution in [0.15, 0.2) is 30.3 Å². The predicted octanol–water partition coefficient (Wildman–Crippen LogP) is 2.07. The van der Waals surface area contributed by atoms with Gasteiger partial charge in [-0.3, -0.25) is 4.79 Å². The lowest BCUT2D eigenvalue weighted by atomic mass is 10.0. The van der Waals surface area contributed by atoms with E-state index in [-0.39, 0.29) is 17.9 Å². The zero-order valence-corrected chi connectivity index (χ0v) is 12.2. The molecule has 1 saturated heterocycles. The molecule has 1 N–H and O–H groups in total. The highest BCUT2D eigenvalue weighted by Gasteiger charge is 2.32. The van der Waals surface area contributed by atoms with E-state index in [0.717, 1.165) is 12.2 Å². The first-order valence-electron chi connectivity index (χ1n) is 7.30. The number of benzene rings is 1. The quantitative estimate of drug-likeness (QED) is 0.896. The summed E-state index contributed by atoms with van der Waals surface area (Å²) in [6.07, 6.45) is 0.711. The summed E-state index contributed by atoms with van der Waals surface area (Å²) in [5.74, 6) is 0.937. The molecule has 1 aliphatic heterocycles. The molecule has 1 fully saturated rings. The Morgan fingerprint density at radius 2 is 2.15 bits per heavy atom. The number of carbonyl (C=O) groups is 1. The number of para-hydroxylation sites is 1. The third-order valence-electron chi connectivity index (χ3n) is 3.89. The van der Waals surface area contributed by atoms with Crippen molar-refractivity contribution in [2.75, 3.05) is 13.1 Å². The number of likely N-dealkylation sites (tertiary alicyclic amines) is 1. The lowest BCUT2D eigenvalue weighted by Gasteiger charge is -2.24. The van der Waals surface area contributed by atoms with Crippen molar-refractivity contribution in [2.24, 2.45) is 5.92 Å². The normalized spacial score (nSPS) is 21.6. The highest BCUT2D eigenvalue weighted by atomic mass is 16.5. The fourth-order valence-corrected chi connectivity index (χ4v) is 2.56. The van der Waals surface area contributed by atoms with Gasteiger partial charge in [0.2, 0.25) is 0 Å². The number of aliphatic hydroxyl groups excluding tert-OH is 1. The molecule has 0 radical (unpaired) electrons. The molecule has 1 aromatic rings. The van der Waals surface area contributed by atoms with Crippen LogP contribution in [0.3, 0.4) is 0 Å². The van der Waals surface area contributed by atoms with Gasteiger partial charge < -0.3 is 14.7 Å². The van der Waals surface area contributed by atoms with Crippen LogP contribution in [0.1, 0.15) is 26.7 Å². The molecule has 110 valence electrons. The number of amides is 1. The molecule has 0 aliphatic carbocycles. The van der Waals surface area contributed by atoms with Crippen molar-refractivity contribution >= 4 is 5.91 Å². The summed E-state index contributed by atoms with van der Waals surface area (Å²) in [5.41, 5.74) is 0. The largest absolute Gasteiger partial charge is 0.481 e. The summed E-state index contributed by atoms with van der Waals surface area (Å²) in [4.78, 5) is 14.3. The molecule has 4 heteroatoms. The number of ether oxygens (including phenoxy) is 1. The number of rotatable bonds is 5. The monoisotopic (exact) mass is 277 g/mol. The summed E-state index contributed by atoms with van der Waals surface area (Å²) in [6, 6.07) is 9.43. The van der Waals surface area contributed by atoms with Crippen molar-refractivity contribution in [2.45, 2.75) is 38.9 Å². The Balaban J connectivity index is 1.96. The first kappa shape index (κ1) is 14.9. The highest BCUT2D eigenvalue weighted by Crippen LogP contribution is 2.22. The molecular weight excluding hydrogens is 254 g/mol. The van der Waals surface area contributed by atoms with Gasteiger partial charge in [-0.15, -0.1) is 0 Å². The second kappa shape index (κ2) is 6.75. The Bertz CT molecular complexity index is 433. The third-order valence-corrected chi connectivity index (χ3v) is 3.89. The van der Waals surface area contributed by atoms with E-state index < -0.39 is 6.10 Å². The Hall–Kier alpha value is -1.55. The summed E-state index contributed by atoms with van der Waals surface area (Å²) in [6.45, 7) is 5.08. The molecular formula is C16H23NO3. The second-order valence-electron chi connectivity index (χ2n) is 5.40. The highest BCUT2D eigenvalue weighted by molar-refractivity contribution is 5.81. The second-order valence-corrected chi connectivity index (χ2v) is 5.40. The molecule has 0 spiro atoms. The van der Waals surface area contributed by atoms with Gasteiger partial charge in [0, 0.05) is 19.0 Å². The first-order chi connectivity index (χ1) is 9.61. The average Bonchev–Trinajstić information content (AvgIpc) is 2.95. The van der Waals surface area contributed by atoms with Crippen LogP contribution in [0.5, 0.6) is 5.75 Å². The van der Waals surface area contributed by atoms with E-state index >= 15 is 0 Å². The van der Waals surface area contributed by atoms with Gasteiger partial charge in [-0.1, -0.05) is 25.1 Å². The van der Waals surface area contributed by atoms with Crippen LogP contribution in [0.25, 0.3) is 0 Å². The molecule has 4 nitrogen and oxygen atoms in total. The van der Waals surface area contributed by atoms with Crippen LogP contribution in [0.4, 0.5) is 0 Å². The van der Waals surface area contributed by atoms with E-state index in [4.69, 9.17) is 4.74 Å². The van der Waals surface area contributed by atoms with Crippen molar-refractivity contribution in [3.8, 4) is 5.75 Å². The average molecular weight is 277 g/mol. The van der Waals surface area contributed by atoms with E-state index in [1.807, 2.05) is 42.2 Å². The lowest BCUT2D eigenvalue weighted by Crippen LogP contribution is -2.41. The summed E-state index contributed by atoms with van der Waals surface area (Å²) < 4.78 is 5.78. The van der Waals surface area contributed by atoms with Crippen LogP contribution >= 0.6 is 0 Å². The molecule has 0 saturated carbocycles. The fraction of sp³-hybridized carbons (Fsp3) is 0.562. The van der Waals surface area contributed by atoms with Crippen LogP contribution < -0.4 is 4.74 Å². The number of hydrogen-bond acceptors (Lipinski definition) is 3. The van der Waals surface area contributed by atoms with Crippen molar-refractivity contribution < 1.29 is 14.6 Å². The van der Waals surface area contributed by atoms with Crippen molar-refractivity contribution in [1.82, 2.24) is 4.90 Å². The van der Waals surface area contributed by atoms with Crippen molar-refractivity contribution in [3.05, 3.63) is 30.3 Å². The zero-order valence-electron chi connectivity index (χ0n) is 12.2. The van der Waals surface area contributed by atoms with Crippen LogP contribution in [0.2, 0.25) is 0 Å². The van der Waals surface area contributed by atoms with Crippen LogP contribution in [0, 0.1) is 5.92 Å². The minimum atomic E-state index is -0.440. The predicted molar refractivity (Wildman–Crippen MR) is 77.5 cm³/mol. The van der Waals surface area contributed by atoms with Gasteiger partial charge >= 0.3 is 0 Å². The molecule has 1 amide bonds. The molecule has 1 aromatic carbocycles. The SMILES string of the molecule is CCC(Oc1ccccc1)C(=O)N1CCC(C(C)O)C1. The molecule has 3 atom stereocenters. The maximum absolute atomic E-state index is 12.5. The van der Waals surface area contributed by atoms with E-state index in [1.54, 1.807) is 6.92 Å². The molecule has 20 heavy (non-hydrogen) atoms. The summed E-state index contributed by atoms with van der Waals surface area (Å²) in [7, 11) is 0. The first-order valence-corrected chi connectivity index (χ1v) is 7.30. The number of hydrogen-bond donors (Lipinski definition) is 1. The molecule has 3 unspecified atom stereocenters. The molecule has 1 aliphatic rings. The minimum Gasteiger partial charge on any atom is -0.481 e. The van der Waals surface area contributed by atoms with E-state index in [2.05, 4.69) is 0 Å². The molecule has 0 bridgehead atoms. The molecule has 1 heterocycles. The summed E-state index contributed by atoms with van der Waals surface area (Å²) in [5, 5.41) is 9.61. The maximum Gasteiger partial charge on any atom is 0.263 e. The van der Waals surface area contributed by atoms with Crippen LogP contribution in [-0.2, 0) is 4.79 Å². The Kier molecular flexibility index (Phi) is 5.01. The number of carbonyl (C=O) groups excluding carboxylic acids is 1. The van der Waals surface area contributed by atoms with Gasteiger partial charge in [-0.05, 0) is 31.9 Å². The Morgan fingerprint density at radius 3 is 2.70 bits per heavy atom. The smallest absolute Gasteiger partial charge is 0.263 e. The minimum absolute atomic E-state index is 0.0273. The Morgan fingerprint density at radius 1 is 1.45 bits per heavy atom. The van der Waals surface area contributed by atoms with E-state index in [9.17, 15) is 9.90 Å². The van der Waals surface area contributed by atoms with E-state index in [1.165, 1.54) is 0 Å². The van der Waals surface area contributed by atoms with E-state index in [0.29, 0.717) is 19.5 Å². The standard InChI is InChI=1S/C16H23NO3/c1-3-15(20-14-7-5-4-6-8-14)16(19)17-10-9-13(11-17)12(2)18/h4-8,12-13,15,18H,3,9-11H2,1-2H3. The van der Waals surface area contributed by atoms with Crippen molar-refractivity contribution in [1.29, 1.82) is 0 Å². The molecule has 2 rings (SSSR count). The van der Waals surface area contributed by atoms with Gasteiger partial charge in [0.1, 0.15) is 5.75 Å². The van der Waals surface area contributed by atoms with Crippen LogP contribution in [-0.4, -0.2) is 41.2 Å². The topological polar surface area (TPSA) is 49.8 Å². The Labute approximate surface area is 120 Å².